The van der Waals surface area contributed by atoms with E-state index in [0.717, 1.165) is 11.5 Å². The normalized spacial score (nSPS) is 11.7. The van der Waals surface area contributed by atoms with Crippen molar-refractivity contribution in [2.75, 3.05) is 5.32 Å². The van der Waals surface area contributed by atoms with Crippen molar-refractivity contribution in [3.8, 4) is 11.5 Å². The molecule has 0 saturated heterocycles. The lowest BCUT2D eigenvalue weighted by molar-refractivity contribution is 0.0939. The Kier molecular flexibility index (Phi) is 5.88. The molecular formula is C21H21N9O. The van der Waals surface area contributed by atoms with E-state index in [2.05, 4.69) is 40.8 Å². The van der Waals surface area contributed by atoms with Crippen LogP contribution in [0.15, 0.2) is 61.4 Å². The lowest BCUT2D eigenvalue weighted by Gasteiger charge is -2.14. The molecule has 4 rings (SSSR count). The first kappa shape index (κ1) is 20.1. The Balaban J connectivity index is 1.41. The largest absolute Gasteiger partial charge is 0.378 e. The van der Waals surface area contributed by atoms with E-state index < -0.39 is 0 Å². The molecule has 31 heavy (non-hydrogen) atoms. The van der Waals surface area contributed by atoms with Crippen LogP contribution < -0.4 is 10.6 Å². The molecule has 3 aromatic heterocycles. The fraction of sp³-hybridized carbons (Fsp3) is 0.190. The van der Waals surface area contributed by atoms with Gasteiger partial charge in [-0.05, 0) is 31.2 Å². The molecule has 0 aliphatic rings. The molecule has 0 saturated carbocycles. The van der Waals surface area contributed by atoms with Crippen molar-refractivity contribution in [2.24, 2.45) is 7.05 Å². The van der Waals surface area contributed by atoms with Crippen LogP contribution in [0.4, 0.5) is 5.69 Å². The van der Waals surface area contributed by atoms with Crippen LogP contribution in [0.3, 0.4) is 0 Å². The molecule has 0 radical (unpaired) electrons. The van der Waals surface area contributed by atoms with Gasteiger partial charge in [0.2, 0.25) is 0 Å². The summed E-state index contributed by atoms with van der Waals surface area (Å²) >= 11 is 0. The smallest absolute Gasteiger partial charge is 0.251 e. The Labute approximate surface area is 178 Å². The number of hydrogen-bond donors (Lipinski definition) is 2. The molecule has 1 amide bonds. The van der Waals surface area contributed by atoms with Crippen LogP contribution in [0.25, 0.3) is 11.5 Å². The second-order valence-corrected chi connectivity index (χ2v) is 6.85. The fourth-order valence-electron chi connectivity index (χ4n) is 3.00. The minimum absolute atomic E-state index is 0.188. The number of carbonyl (C=O) groups is 1. The second-order valence-electron chi connectivity index (χ2n) is 6.85. The van der Waals surface area contributed by atoms with Crippen LogP contribution in [0, 0.1) is 0 Å². The summed E-state index contributed by atoms with van der Waals surface area (Å²) in [6.07, 6.45) is 7.98. The first-order valence-electron chi connectivity index (χ1n) is 9.67. The van der Waals surface area contributed by atoms with Crippen LogP contribution in [-0.4, -0.2) is 40.6 Å². The zero-order valence-corrected chi connectivity index (χ0v) is 17.1. The maximum Gasteiger partial charge on any atom is 0.251 e. The molecule has 0 aliphatic heterocycles. The third kappa shape index (κ3) is 4.69. The molecule has 4 aromatic rings. The van der Waals surface area contributed by atoms with Gasteiger partial charge in [-0.2, -0.15) is 0 Å². The quantitative estimate of drug-likeness (QED) is 0.471. The van der Waals surface area contributed by atoms with Crippen LogP contribution in [0.5, 0.6) is 0 Å². The van der Waals surface area contributed by atoms with Crippen molar-refractivity contribution in [3.63, 3.8) is 0 Å². The van der Waals surface area contributed by atoms with E-state index in [1.165, 1.54) is 6.33 Å². The van der Waals surface area contributed by atoms with Gasteiger partial charge in [0.05, 0.1) is 24.5 Å². The number of benzene rings is 1. The highest BCUT2D eigenvalue weighted by molar-refractivity contribution is 5.95. The van der Waals surface area contributed by atoms with Gasteiger partial charge in [-0.25, -0.2) is 9.97 Å². The number of aromatic nitrogens is 7. The van der Waals surface area contributed by atoms with E-state index >= 15 is 0 Å². The highest BCUT2D eigenvalue weighted by Gasteiger charge is 2.14. The SMILES string of the molecule is C[C@H](NC(=O)c1cccc(NCc2nnc(-c3ccncn3)n2C)c1)c1cnccn1. The topological polar surface area (TPSA) is 123 Å². The van der Waals surface area contributed by atoms with E-state index in [0.29, 0.717) is 29.3 Å². The summed E-state index contributed by atoms with van der Waals surface area (Å²) < 4.78 is 1.87. The number of hydrogen-bond acceptors (Lipinski definition) is 8. The number of nitrogens with one attached hydrogen (secondary N) is 2. The fourth-order valence-corrected chi connectivity index (χ4v) is 3.00. The average Bonchev–Trinajstić information content (AvgIpc) is 3.19. The van der Waals surface area contributed by atoms with Crippen molar-refractivity contribution >= 4 is 11.6 Å². The Hall–Kier alpha value is -4.21. The van der Waals surface area contributed by atoms with Crippen LogP contribution in [-0.2, 0) is 13.6 Å². The molecule has 0 spiro atoms. The summed E-state index contributed by atoms with van der Waals surface area (Å²) in [6.45, 7) is 2.31. The molecule has 1 atom stereocenters. The van der Waals surface area contributed by atoms with Crippen molar-refractivity contribution in [1.29, 1.82) is 0 Å². The third-order valence-electron chi connectivity index (χ3n) is 4.73. The second kappa shape index (κ2) is 9.08. The van der Waals surface area contributed by atoms with Gasteiger partial charge in [0, 0.05) is 36.9 Å². The Morgan fingerprint density at radius 3 is 2.77 bits per heavy atom. The van der Waals surface area contributed by atoms with Gasteiger partial charge in [-0.1, -0.05) is 6.07 Å². The monoisotopic (exact) mass is 415 g/mol. The summed E-state index contributed by atoms with van der Waals surface area (Å²) in [5, 5.41) is 14.7. The van der Waals surface area contributed by atoms with E-state index in [-0.39, 0.29) is 11.9 Å². The molecule has 0 unspecified atom stereocenters. The molecular weight excluding hydrogens is 394 g/mol. The van der Waals surface area contributed by atoms with Crippen LogP contribution in [0.2, 0.25) is 0 Å². The molecule has 3 heterocycles. The zero-order valence-electron chi connectivity index (χ0n) is 17.1. The highest BCUT2D eigenvalue weighted by Crippen LogP contribution is 2.16. The Morgan fingerprint density at radius 1 is 1.10 bits per heavy atom. The number of nitrogens with zero attached hydrogens (tertiary/aromatic N) is 7. The number of anilines is 1. The maximum atomic E-state index is 12.6. The Bertz CT molecular complexity index is 1160. The number of amides is 1. The minimum Gasteiger partial charge on any atom is -0.378 e. The van der Waals surface area contributed by atoms with E-state index in [4.69, 9.17) is 0 Å². The number of carbonyl (C=O) groups excluding carboxylic acids is 1. The molecule has 0 fully saturated rings. The summed E-state index contributed by atoms with van der Waals surface area (Å²) in [7, 11) is 1.88. The standard InChI is InChI=1S/C21H21N9O/c1-14(18-11-22-8-9-24-18)27-21(31)15-4-3-5-16(10-15)25-12-19-28-29-20(30(19)2)17-6-7-23-13-26-17/h3-11,13-14,25H,12H2,1-2H3,(H,27,31)/t14-/m0/s1. The van der Waals surface area contributed by atoms with Gasteiger partial charge in [0.25, 0.3) is 5.91 Å². The van der Waals surface area contributed by atoms with Gasteiger partial charge in [0.1, 0.15) is 12.0 Å². The summed E-state index contributed by atoms with van der Waals surface area (Å²) in [5.74, 6) is 1.21. The summed E-state index contributed by atoms with van der Waals surface area (Å²) in [4.78, 5) is 29.0. The van der Waals surface area contributed by atoms with Crippen LogP contribution in [0.1, 0.15) is 34.8 Å². The van der Waals surface area contributed by atoms with Gasteiger partial charge in [-0.15, -0.1) is 10.2 Å². The van der Waals surface area contributed by atoms with Gasteiger partial charge < -0.3 is 15.2 Å². The van der Waals surface area contributed by atoms with Gasteiger partial charge in [-0.3, -0.25) is 14.8 Å². The van der Waals surface area contributed by atoms with E-state index in [1.807, 2.05) is 30.7 Å². The molecule has 10 heteroatoms. The predicted octanol–water partition coefficient (Wildman–Crippen LogP) is 2.17. The molecule has 156 valence electrons. The predicted molar refractivity (Wildman–Crippen MR) is 114 cm³/mol. The highest BCUT2D eigenvalue weighted by atomic mass is 16.1. The van der Waals surface area contributed by atoms with Gasteiger partial charge >= 0.3 is 0 Å². The molecule has 2 N–H and O–H groups in total. The van der Waals surface area contributed by atoms with Crippen molar-refractivity contribution in [1.82, 2.24) is 40.0 Å². The first-order valence-corrected chi connectivity index (χ1v) is 9.67. The van der Waals surface area contributed by atoms with Crippen molar-refractivity contribution in [3.05, 3.63) is 78.5 Å². The zero-order chi connectivity index (χ0) is 21.6. The summed E-state index contributed by atoms with van der Waals surface area (Å²) in [5.41, 5.74) is 2.74. The van der Waals surface area contributed by atoms with E-state index in [9.17, 15) is 4.79 Å². The van der Waals surface area contributed by atoms with Gasteiger partial charge in [0.15, 0.2) is 11.6 Å². The number of rotatable bonds is 7. The lowest BCUT2D eigenvalue weighted by Crippen LogP contribution is -2.27. The van der Waals surface area contributed by atoms with E-state index in [1.54, 1.807) is 43.0 Å². The van der Waals surface area contributed by atoms with Crippen molar-refractivity contribution in [2.45, 2.75) is 19.5 Å². The molecule has 0 aliphatic carbocycles. The summed E-state index contributed by atoms with van der Waals surface area (Å²) in [6, 6.07) is 8.81. The van der Waals surface area contributed by atoms with Crippen LogP contribution >= 0.6 is 0 Å². The maximum absolute atomic E-state index is 12.6. The first-order chi connectivity index (χ1) is 15.1. The lowest BCUT2D eigenvalue weighted by atomic mass is 10.1. The molecule has 0 bridgehead atoms. The van der Waals surface area contributed by atoms with Crippen molar-refractivity contribution < 1.29 is 4.79 Å². The molecule has 10 nitrogen and oxygen atoms in total. The molecule has 1 aromatic carbocycles. The third-order valence-corrected chi connectivity index (χ3v) is 4.73. The Morgan fingerprint density at radius 2 is 2.00 bits per heavy atom. The minimum atomic E-state index is -0.253. The average molecular weight is 415 g/mol.